The minimum Gasteiger partial charge on any atom is -0.312 e. The predicted octanol–water partition coefficient (Wildman–Crippen LogP) is 2.60. The normalized spacial score (nSPS) is 12.9. The van der Waals surface area contributed by atoms with E-state index >= 15 is 0 Å². The lowest BCUT2D eigenvalue weighted by molar-refractivity contribution is 0.568. The Morgan fingerprint density at radius 1 is 1.56 bits per heavy atom. The summed E-state index contributed by atoms with van der Waals surface area (Å²) in [5.74, 6) is 0. The van der Waals surface area contributed by atoms with Gasteiger partial charge in [-0.3, -0.25) is 9.67 Å². The summed E-state index contributed by atoms with van der Waals surface area (Å²) in [6.07, 6.45) is 3.58. The van der Waals surface area contributed by atoms with Crippen LogP contribution in [0.1, 0.15) is 29.2 Å². The number of hydrogen-bond donors (Lipinski definition) is 1. The summed E-state index contributed by atoms with van der Waals surface area (Å²) in [5.41, 5.74) is 3.89. The molecule has 98 valence electrons. The van der Waals surface area contributed by atoms with Gasteiger partial charge in [0, 0.05) is 30.6 Å². The van der Waals surface area contributed by atoms with Crippen LogP contribution in [0.2, 0.25) is 5.02 Å². The first-order valence-electron chi connectivity index (χ1n) is 5.93. The van der Waals surface area contributed by atoms with Crippen LogP contribution in [0.4, 0.5) is 0 Å². The third-order valence-electron chi connectivity index (χ3n) is 3.04. The quantitative estimate of drug-likeness (QED) is 0.918. The summed E-state index contributed by atoms with van der Waals surface area (Å²) in [6, 6.07) is 0.232. The van der Waals surface area contributed by atoms with Gasteiger partial charge >= 0.3 is 0 Å². The Hall–Kier alpha value is -0.910. The Morgan fingerprint density at radius 2 is 2.33 bits per heavy atom. The molecule has 0 aliphatic rings. The fourth-order valence-electron chi connectivity index (χ4n) is 1.98. The van der Waals surface area contributed by atoms with Crippen LogP contribution in [0.3, 0.4) is 0 Å². The van der Waals surface area contributed by atoms with Crippen molar-refractivity contribution in [2.45, 2.75) is 25.8 Å². The second-order valence-electron chi connectivity index (χ2n) is 4.13. The molecule has 2 heterocycles. The molecule has 0 aliphatic heterocycles. The SMILES string of the molecule is CCc1nn(C)c(CC(NC)c2cncs2)c1Cl. The van der Waals surface area contributed by atoms with E-state index in [1.807, 2.05) is 30.5 Å². The highest BCUT2D eigenvalue weighted by molar-refractivity contribution is 7.09. The van der Waals surface area contributed by atoms with Gasteiger partial charge < -0.3 is 5.32 Å². The summed E-state index contributed by atoms with van der Waals surface area (Å²) in [4.78, 5) is 5.34. The molecule has 0 radical (unpaired) electrons. The molecule has 0 spiro atoms. The summed E-state index contributed by atoms with van der Waals surface area (Å²) in [7, 11) is 3.90. The highest BCUT2D eigenvalue weighted by Crippen LogP contribution is 2.27. The lowest BCUT2D eigenvalue weighted by Crippen LogP contribution is -2.19. The standard InChI is InChI=1S/C12H17ClN4S/c1-4-8-12(13)10(17(3)16-8)5-9(14-2)11-6-15-7-18-11/h6-7,9,14H,4-5H2,1-3H3. The number of hydrogen-bond acceptors (Lipinski definition) is 4. The molecule has 0 saturated carbocycles. The first-order valence-corrected chi connectivity index (χ1v) is 7.19. The molecule has 2 aromatic heterocycles. The van der Waals surface area contributed by atoms with Crippen LogP contribution in [-0.2, 0) is 19.9 Å². The van der Waals surface area contributed by atoms with E-state index in [1.54, 1.807) is 11.3 Å². The third kappa shape index (κ3) is 2.58. The van der Waals surface area contributed by atoms with Crippen molar-refractivity contribution < 1.29 is 0 Å². The maximum absolute atomic E-state index is 6.37. The minimum absolute atomic E-state index is 0.232. The minimum atomic E-state index is 0.232. The van der Waals surface area contributed by atoms with E-state index in [0.29, 0.717) is 0 Å². The van der Waals surface area contributed by atoms with Gasteiger partial charge in [-0.1, -0.05) is 18.5 Å². The van der Waals surface area contributed by atoms with E-state index in [-0.39, 0.29) is 6.04 Å². The third-order valence-corrected chi connectivity index (χ3v) is 4.37. The van der Waals surface area contributed by atoms with Gasteiger partial charge in [-0.25, -0.2) is 0 Å². The number of likely N-dealkylation sites (N-methyl/N-ethyl adjacent to an activating group) is 1. The maximum atomic E-state index is 6.37. The molecule has 2 rings (SSSR count). The molecule has 4 nitrogen and oxygen atoms in total. The van der Waals surface area contributed by atoms with Crippen LogP contribution in [-0.4, -0.2) is 21.8 Å². The van der Waals surface area contributed by atoms with Gasteiger partial charge in [0.15, 0.2) is 0 Å². The predicted molar refractivity (Wildman–Crippen MR) is 75.2 cm³/mol. The van der Waals surface area contributed by atoms with Crippen molar-refractivity contribution >= 4 is 22.9 Å². The van der Waals surface area contributed by atoms with Crippen LogP contribution in [0.5, 0.6) is 0 Å². The Bertz CT molecular complexity index is 506. The average molecular weight is 285 g/mol. The van der Waals surface area contributed by atoms with E-state index in [2.05, 4.69) is 22.3 Å². The van der Waals surface area contributed by atoms with Crippen LogP contribution in [0, 0.1) is 0 Å². The molecule has 0 aliphatic carbocycles. The number of nitrogens with zero attached hydrogens (tertiary/aromatic N) is 3. The molecule has 18 heavy (non-hydrogen) atoms. The summed E-state index contributed by atoms with van der Waals surface area (Å²) in [5, 5.41) is 8.54. The Labute approximate surface area is 116 Å². The first-order chi connectivity index (χ1) is 8.67. The second-order valence-corrected chi connectivity index (χ2v) is 5.43. The molecule has 2 aromatic rings. The average Bonchev–Trinajstić information content (AvgIpc) is 2.97. The van der Waals surface area contributed by atoms with Crippen molar-refractivity contribution in [3.05, 3.63) is 33.0 Å². The van der Waals surface area contributed by atoms with Crippen molar-refractivity contribution in [1.82, 2.24) is 20.1 Å². The number of thiazole rings is 1. The zero-order chi connectivity index (χ0) is 13.1. The number of rotatable bonds is 5. The molecule has 6 heteroatoms. The molecule has 0 bridgehead atoms. The van der Waals surface area contributed by atoms with Crippen LogP contribution >= 0.6 is 22.9 Å². The van der Waals surface area contributed by atoms with Crippen molar-refractivity contribution in [3.8, 4) is 0 Å². The fourth-order valence-corrected chi connectivity index (χ4v) is 3.08. The monoisotopic (exact) mass is 284 g/mol. The van der Waals surface area contributed by atoms with Gasteiger partial charge in [-0.05, 0) is 13.5 Å². The zero-order valence-corrected chi connectivity index (χ0v) is 12.3. The fraction of sp³-hybridized carbons (Fsp3) is 0.500. The summed E-state index contributed by atoms with van der Waals surface area (Å²) in [6.45, 7) is 2.07. The molecule has 0 aromatic carbocycles. The number of aryl methyl sites for hydroxylation is 2. The Balaban J connectivity index is 2.25. The zero-order valence-electron chi connectivity index (χ0n) is 10.8. The Morgan fingerprint density at radius 3 is 2.83 bits per heavy atom. The molecule has 0 amide bonds. The number of nitrogens with one attached hydrogen (secondary N) is 1. The summed E-state index contributed by atoms with van der Waals surface area (Å²) < 4.78 is 1.88. The van der Waals surface area contributed by atoms with Crippen LogP contribution in [0.15, 0.2) is 11.7 Å². The van der Waals surface area contributed by atoms with E-state index in [9.17, 15) is 0 Å². The largest absolute Gasteiger partial charge is 0.312 e. The van der Waals surface area contributed by atoms with Gasteiger partial charge in [-0.2, -0.15) is 5.10 Å². The summed E-state index contributed by atoms with van der Waals surface area (Å²) >= 11 is 8.02. The second kappa shape index (κ2) is 5.82. The lowest BCUT2D eigenvalue weighted by Gasteiger charge is -2.14. The van der Waals surface area contributed by atoms with E-state index in [0.717, 1.165) is 29.3 Å². The topological polar surface area (TPSA) is 42.7 Å². The highest BCUT2D eigenvalue weighted by atomic mass is 35.5. The van der Waals surface area contributed by atoms with Gasteiger partial charge in [0.2, 0.25) is 0 Å². The van der Waals surface area contributed by atoms with E-state index in [1.165, 1.54) is 4.88 Å². The van der Waals surface area contributed by atoms with E-state index in [4.69, 9.17) is 11.6 Å². The highest BCUT2D eigenvalue weighted by Gasteiger charge is 2.19. The molecule has 0 fully saturated rings. The van der Waals surface area contributed by atoms with Gasteiger partial charge in [0.05, 0.1) is 21.9 Å². The molecular weight excluding hydrogens is 268 g/mol. The molecule has 1 unspecified atom stereocenters. The Kier molecular flexibility index (Phi) is 4.37. The van der Waals surface area contributed by atoms with Crippen LogP contribution in [0.25, 0.3) is 0 Å². The van der Waals surface area contributed by atoms with Crippen molar-refractivity contribution in [1.29, 1.82) is 0 Å². The first kappa shape index (κ1) is 13.5. The van der Waals surface area contributed by atoms with Crippen molar-refractivity contribution in [3.63, 3.8) is 0 Å². The number of aromatic nitrogens is 3. The van der Waals surface area contributed by atoms with Gasteiger partial charge in [0.25, 0.3) is 0 Å². The van der Waals surface area contributed by atoms with Crippen molar-refractivity contribution in [2.24, 2.45) is 7.05 Å². The van der Waals surface area contributed by atoms with E-state index < -0.39 is 0 Å². The maximum Gasteiger partial charge on any atom is 0.0850 e. The smallest absolute Gasteiger partial charge is 0.0850 e. The number of halogens is 1. The molecule has 1 N–H and O–H groups in total. The van der Waals surface area contributed by atoms with Crippen LogP contribution < -0.4 is 5.32 Å². The molecule has 0 saturated heterocycles. The molecule has 1 atom stereocenters. The van der Waals surface area contributed by atoms with Gasteiger partial charge in [-0.15, -0.1) is 11.3 Å². The molecular formula is C12H17ClN4S. The lowest BCUT2D eigenvalue weighted by atomic mass is 10.1. The van der Waals surface area contributed by atoms with Crippen molar-refractivity contribution in [2.75, 3.05) is 7.05 Å². The van der Waals surface area contributed by atoms with Gasteiger partial charge in [0.1, 0.15) is 0 Å².